The summed E-state index contributed by atoms with van der Waals surface area (Å²) in [6, 6.07) is -3.73. The summed E-state index contributed by atoms with van der Waals surface area (Å²) in [6.07, 6.45) is -0.497. The van der Waals surface area contributed by atoms with Gasteiger partial charge in [0.25, 0.3) is 0 Å². The number of carbonyl (C=O) groups excluding carboxylic acids is 3. The summed E-state index contributed by atoms with van der Waals surface area (Å²) in [5.74, 6) is -4.89. The molecule has 0 aliphatic rings. The van der Waals surface area contributed by atoms with E-state index in [9.17, 15) is 24.0 Å². The van der Waals surface area contributed by atoms with Crippen molar-refractivity contribution >= 4 is 29.7 Å². The highest BCUT2D eigenvalue weighted by atomic mass is 16.4. The molecule has 0 bridgehead atoms. The van der Waals surface area contributed by atoms with Gasteiger partial charge in [0.05, 0.1) is 19.2 Å². The summed E-state index contributed by atoms with van der Waals surface area (Å²) in [5.41, 5.74) is 5.47. The van der Waals surface area contributed by atoms with E-state index in [0.717, 1.165) is 0 Å². The number of aliphatic hydroxyl groups excluding tert-OH is 1. The maximum atomic E-state index is 11.8. The summed E-state index contributed by atoms with van der Waals surface area (Å²) in [7, 11) is 0. The lowest BCUT2D eigenvalue weighted by Crippen LogP contribution is -2.54. The normalized spacial score (nSPS) is 13.9. The second kappa shape index (κ2) is 10.9. The number of rotatable bonds is 11. The predicted molar refractivity (Wildman–Crippen MR) is 82.1 cm³/mol. The highest BCUT2D eigenvalue weighted by molar-refractivity contribution is 5.92. The minimum absolute atomic E-state index is 0.156. The standard InChI is InChI=1S/C13H22N4O8/c1-6(13(24)25)16-9(19)4-15-12(23)8(5-18)17-11(22)7(14)2-3-10(20)21/h6-8,18H,2-5,14H2,1H3,(H,15,23)(H,16,19)(H,17,22)(H,20,21)(H,24,25). The molecule has 0 aromatic heterocycles. The maximum absolute atomic E-state index is 11.8. The van der Waals surface area contributed by atoms with Crippen LogP contribution in [0.4, 0.5) is 0 Å². The molecule has 8 N–H and O–H groups in total. The van der Waals surface area contributed by atoms with Crippen LogP contribution in [0, 0.1) is 0 Å². The first-order valence-corrected chi connectivity index (χ1v) is 7.27. The van der Waals surface area contributed by atoms with Gasteiger partial charge in [0.1, 0.15) is 12.1 Å². The van der Waals surface area contributed by atoms with E-state index in [1.54, 1.807) is 0 Å². The Kier molecular flexibility index (Phi) is 9.74. The van der Waals surface area contributed by atoms with Crippen molar-refractivity contribution in [2.24, 2.45) is 5.73 Å². The van der Waals surface area contributed by atoms with Crippen molar-refractivity contribution in [3.63, 3.8) is 0 Å². The van der Waals surface area contributed by atoms with Crippen LogP contribution in [0.5, 0.6) is 0 Å². The van der Waals surface area contributed by atoms with Gasteiger partial charge in [0.2, 0.25) is 17.7 Å². The predicted octanol–water partition coefficient (Wildman–Crippen LogP) is -3.64. The fourth-order valence-corrected chi connectivity index (χ4v) is 1.53. The van der Waals surface area contributed by atoms with E-state index < -0.39 is 60.9 Å². The molecule has 142 valence electrons. The Bertz CT molecular complexity index is 524. The molecule has 0 rings (SSSR count). The fourth-order valence-electron chi connectivity index (χ4n) is 1.53. The third-order valence-corrected chi connectivity index (χ3v) is 2.99. The monoisotopic (exact) mass is 362 g/mol. The molecular weight excluding hydrogens is 340 g/mol. The zero-order chi connectivity index (χ0) is 19.6. The molecule has 25 heavy (non-hydrogen) atoms. The first-order valence-electron chi connectivity index (χ1n) is 7.27. The Hall–Kier alpha value is -2.73. The van der Waals surface area contributed by atoms with E-state index in [4.69, 9.17) is 21.1 Å². The summed E-state index contributed by atoms with van der Waals surface area (Å²) in [5, 5.41) is 32.6. The molecule has 12 nitrogen and oxygen atoms in total. The van der Waals surface area contributed by atoms with Gasteiger partial charge in [-0.15, -0.1) is 0 Å². The van der Waals surface area contributed by atoms with Crippen molar-refractivity contribution in [2.45, 2.75) is 37.9 Å². The smallest absolute Gasteiger partial charge is 0.325 e. The number of nitrogens with one attached hydrogen (secondary N) is 3. The lowest BCUT2D eigenvalue weighted by atomic mass is 10.1. The summed E-state index contributed by atoms with van der Waals surface area (Å²) in [4.78, 5) is 56.0. The maximum Gasteiger partial charge on any atom is 0.325 e. The quantitative estimate of drug-likeness (QED) is 0.193. The molecule has 0 aromatic carbocycles. The second-order valence-electron chi connectivity index (χ2n) is 5.13. The van der Waals surface area contributed by atoms with Crippen molar-refractivity contribution in [1.82, 2.24) is 16.0 Å². The Morgan fingerprint density at radius 1 is 1.04 bits per heavy atom. The van der Waals surface area contributed by atoms with E-state index in [1.807, 2.05) is 0 Å². The zero-order valence-electron chi connectivity index (χ0n) is 13.5. The molecule has 3 amide bonds. The highest BCUT2D eigenvalue weighted by Crippen LogP contribution is 1.96. The van der Waals surface area contributed by atoms with Crippen molar-refractivity contribution in [3.8, 4) is 0 Å². The zero-order valence-corrected chi connectivity index (χ0v) is 13.5. The van der Waals surface area contributed by atoms with Crippen molar-refractivity contribution in [3.05, 3.63) is 0 Å². The van der Waals surface area contributed by atoms with Gasteiger partial charge in [-0.25, -0.2) is 0 Å². The summed E-state index contributed by atoms with van der Waals surface area (Å²) < 4.78 is 0. The number of hydrogen-bond acceptors (Lipinski definition) is 7. The van der Waals surface area contributed by atoms with Crippen LogP contribution < -0.4 is 21.7 Å². The van der Waals surface area contributed by atoms with E-state index in [2.05, 4.69) is 16.0 Å². The lowest BCUT2D eigenvalue weighted by molar-refractivity contribution is -0.141. The van der Waals surface area contributed by atoms with Crippen molar-refractivity contribution in [1.29, 1.82) is 0 Å². The van der Waals surface area contributed by atoms with Crippen LogP contribution in [0.15, 0.2) is 0 Å². The van der Waals surface area contributed by atoms with Crippen LogP contribution in [0.2, 0.25) is 0 Å². The molecule has 0 aliphatic heterocycles. The number of carbonyl (C=O) groups is 5. The van der Waals surface area contributed by atoms with Crippen LogP contribution in [-0.2, 0) is 24.0 Å². The molecule has 0 spiro atoms. The van der Waals surface area contributed by atoms with E-state index in [0.29, 0.717) is 0 Å². The van der Waals surface area contributed by atoms with Crippen molar-refractivity contribution in [2.75, 3.05) is 13.2 Å². The molecule has 0 radical (unpaired) electrons. The average Bonchev–Trinajstić information content (AvgIpc) is 2.54. The Balaban J connectivity index is 4.42. The fraction of sp³-hybridized carbons (Fsp3) is 0.615. The topological polar surface area (TPSA) is 208 Å². The molecule has 0 saturated heterocycles. The number of amides is 3. The van der Waals surface area contributed by atoms with Crippen LogP contribution in [0.25, 0.3) is 0 Å². The third kappa shape index (κ3) is 9.22. The van der Waals surface area contributed by atoms with Gasteiger partial charge in [-0.05, 0) is 13.3 Å². The molecule has 3 atom stereocenters. The molecule has 3 unspecified atom stereocenters. The minimum atomic E-state index is -1.40. The average molecular weight is 362 g/mol. The number of aliphatic carboxylic acids is 2. The van der Waals surface area contributed by atoms with Crippen LogP contribution in [0.1, 0.15) is 19.8 Å². The number of aliphatic hydroxyl groups is 1. The summed E-state index contributed by atoms with van der Waals surface area (Å²) >= 11 is 0. The van der Waals surface area contributed by atoms with E-state index in [-0.39, 0.29) is 12.8 Å². The molecule has 0 aliphatic carbocycles. The number of hydrogen-bond donors (Lipinski definition) is 7. The van der Waals surface area contributed by atoms with Crippen LogP contribution in [0.3, 0.4) is 0 Å². The van der Waals surface area contributed by atoms with Crippen molar-refractivity contribution < 1.29 is 39.3 Å². The van der Waals surface area contributed by atoms with E-state index >= 15 is 0 Å². The van der Waals surface area contributed by atoms with Gasteiger partial charge in [0.15, 0.2) is 0 Å². The molecule has 0 heterocycles. The van der Waals surface area contributed by atoms with Crippen LogP contribution in [-0.4, -0.2) is 76.3 Å². The minimum Gasteiger partial charge on any atom is -0.481 e. The Morgan fingerprint density at radius 3 is 2.12 bits per heavy atom. The largest absolute Gasteiger partial charge is 0.481 e. The molecule has 0 aromatic rings. The molecule has 12 heteroatoms. The molecule has 0 saturated carbocycles. The van der Waals surface area contributed by atoms with Crippen LogP contribution >= 0.6 is 0 Å². The van der Waals surface area contributed by atoms with E-state index in [1.165, 1.54) is 6.92 Å². The van der Waals surface area contributed by atoms with Gasteiger partial charge in [-0.1, -0.05) is 0 Å². The summed E-state index contributed by atoms with van der Waals surface area (Å²) in [6.45, 7) is -0.110. The highest BCUT2D eigenvalue weighted by Gasteiger charge is 2.24. The lowest BCUT2D eigenvalue weighted by Gasteiger charge is -2.18. The number of nitrogens with two attached hydrogens (primary N) is 1. The van der Waals surface area contributed by atoms with Gasteiger partial charge in [-0.3, -0.25) is 24.0 Å². The second-order valence-corrected chi connectivity index (χ2v) is 5.13. The van der Waals surface area contributed by atoms with Gasteiger partial charge in [-0.2, -0.15) is 0 Å². The third-order valence-electron chi connectivity index (χ3n) is 2.99. The van der Waals surface area contributed by atoms with Gasteiger partial charge in [0, 0.05) is 6.42 Å². The Labute approximate surface area is 142 Å². The first kappa shape index (κ1) is 22.3. The number of carboxylic acids is 2. The van der Waals surface area contributed by atoms with Gasteiger partial charge >= 0.3 is 11.9 Å². The first-order chi connectivity index (χ1) is 11.6. The SMILES string of the molecule is CC(NC(=O)CNC(=O)C(CO)NC(=O)C(N)CCC(=O)O)C(=O)O. The number of carboxylic acid groups (broad SMARTS) is 2. The molecular formula is C13H22N4O8. The van der Waals surface area contributed by atoms with Gasteiger partial charge < -0.3 is 37.0 Å². The Morgan fingerprint density at radius 2 is 1.64 bits per heavy atom. The molecule has 0 fully saturated rings.